The third-order valence-electron chi connectivity index (χ3n) is 7.38. The first kappa shape index (κ1) is 25.2. The minimum Gasteiger partial charge on any atom is -0.300 e. The van der Waals surface area contributed by atoms with Gasteiger partial charge in [0.25, 0.3) is 0 Å². The second-order valence-electron chi connectivity index (χ2n) is 9.76. The van der Waals surface area contributed by atoms with Gasteiger partial charge in [0.1, 0.15) is 0 Å². The fourth-order valence-electron chi connectivity index (χ4n) is 5.49. The minimum absolute atomic E-state index is 0.107. The SMILES string of the molecule is O=C(CCN1CCN(C(c2ccccc2)c2ccccc2)CC1)N1c2ccccc2Sc2ccc(Cl)cc21. The van der Waals surface area contributed by atoms with Crippen LogP contribution in [0, 0.1) is 0 Å². The van der Waals surface area contributed by atoms with E-state index in [1.165, 1.54) is 11.1 Å². The van der Waals surface area contributed by atoms with Gasteiger partial charge in [0.05, 0.1) is 17.4 Å². The lowest BCUT2D eigenvalue weighted by atomic mass is 9.96. The number of piperazine rings is 1. The van der Waals surface area contributed by atoms with Gasteiger partial charge in [0.15, 0.2) is 0 Å². The molecule has 0 aliphatic carbocycles. The van der Waals surface area contributed by atoms with Gasteiger partial charge in [-0.25, -0.2) is 0 Å². The van der Waals surface area contributed by atoms with Crippen molar-refractivity contribution in [2.45, 2.75) is 22.3 Å². The highest BCUT2D eigenvalue weighted by molar-refractivity contribution is 7.99. The van der Waals surface area contributed by atoms with E-state index in [9.17, 15) is 4.79 Å². The Balaban J connectivity index is 1.13. The van der Waals surface area contributed by atoms with Gasteiger partial charge in [0, 0.05) is 54.0 Å². The van der Waals surface area contributed by atoms with Gasteiger partial charge in [-0.05, 0) is 41.5 Å². The van der Waals surface area contributed by atoms with Crippen LogP contribution in [0.5, 0.6) is 0 Å². The zero-order valence-corrected chi connectivity index (χ0v) is 22.7. The minimum atomic E-state index is 0.107. The van der Waals surface area contributed by atoms with E-state index in [-0.39, 0.29) is 11.9 Å². The van der Waals surface area contributed by atoms with Gasteiger partial charge < -0.3 is 4.90 Å². The average molecular weight is 540 g/mol. The predicted molar refractivity (Wildman–Crippen MR) is 157 cm³/mol. The summed E-state index contributed by atoms with van der Waals surface area (Å²) in [5.41, 5.74) is 4.46. The first-order chi connectivity index (χ1) is 18.7. The van der Waals surface area contributed by atoms with Crippen molar-refractivity contribution >= 4 is 40.6 Å². The average Bonchev–Trinajstić information content (AvgIpc) is 2.97. The summed E-state index contributed by atoms with van der Waals surface area (Å²) in [6.07, 6.45) is 0.464. The molecule has 1 fully saturated rings. The molecule has 0 saturated carbocycles. The monoisotopic (exact) mass is 539 g/mol. The van der Waals surface area contributed by atoms with Crippen molar-refractivity contribution in [1.82, 2.24) is 9.80 Å². The Morgan fingerprint density at radius 1 is 0.737 bits per heavy atom. The van der Waals surface area contributed by atoms with E-state index in [0.717, 1.165) is 53.9 Å². The Morgan fingerprint density at radius 3 is 2.03 bits per heavy atom. The van der Waals surface area contributed by atoms with Crippen LogP contribution in [0.4, 0.5) is 11.4 Å². The molecule has 0 unspecified atom stereocenters. The normalized spacial score (nSPS) is 15.8. The summed E-state index contributed by atoms with van der Waals surface area (Å²) in [7, 11) is 0. The molecular formula is C32H30ClN3OS. The number of anilines is 2. The Bertz CT molecular complexity index is 1370. The zero-order valence-electron chi connectivity index (χ0n) is 21.2. The largest absolute Gasteiger partial charge is 0.300 e. The summed E-state index contributed by atoms with van der Waals surface area (Å²) in [4.78, 5) is 22.7. The molecule has 2 aliphatic rings. The molecule has 2 heterocycles. The van der Waals surface area contributed by atoms with Crippen molar-refractivity contribution in [2.75, 3.05) is 37.6 Å². The molecule has 38 heavy (non-hydrogen) atoms. The molecule has 6 rings (SSSR count). The van der Waals surface area contributed by atoms with Crippen molar-refractivity contribution in [3.63, 3.8) is 0 Å². The third kappa shape index (κ3) is 5.25. The predicted octanol–water partition coefficient (Wildman–Crippen LogP) is 7.27. The number of hydrogen-bond acceptors (Lipinski definition) is 4. The fraction of sp³-hybridized carbons (Fsp3) is 0.219. The maximum absolute atomic E-state index is 13.7. The Morgan fingerprint density at radius 2 is 1.34 bits per heavy atom. The smallest absolute Gasteiger partial charge is 0.232 e. The van der Waals surface area contributed by atoms with Crippen LogP contribution in [0.3, 0.4) is 0 Å². The molecule has 1 saturated heterocycles. The second-order valence-corrected chi connectivity index (χ2v) is 11.3. The van der Waals surface area contributed by atoms with Crippen molar-refractivity contribution in [1.29, 1.82) is 0 Å². The number of fused-ring (bicyclic) bond motifs is 2. The van der Waals surface area contributed by atoms with Crippen LogP contribution in [-0.4, -0.2) is 48.4 Å². The van der Waals surface area contributed by atoms with E-state index < -0.39 is 0 Å². The van der Waals surface area contributed by atoms with Crippen LogP contribution in [0.2, 0.25) is 5.02 Å². The zero-order chi connectivity index (χ0) is 25.9. The molecule has 0 N–H and O–H groups in total. The second kappa shape index (κ2) is 11.3. The van der Waals surface area contributed by atoms with E-state index in [2.05, 4.69) is 76.5 Å². The van der Waals surface area contributed by atoms with E-state index in [1.807, 2.05) is 41.3 Å². The lowest BCUT2D eigenvalue weighted by molar-refractivity contribution is -0.118. The molecule has 192 valence electrons. The molecule has 0 bridgehead atoms. The van der Waals surface area contributed by atoms with Gasteiger partial charge in [-0.3, -0.25) is 14.6 Å². The highest BCUT2D eigenvalue weighted by atomic mass is 35.5. The van der Waals surface area contributed by atoms with Crippen molar-refractivity contribution in [3.05, 3.63) is 119 Å². The first-order valence-electron chi connectivity index (χ1n) is 13.1. The number of nitrogens with zero attached hydrogens (tertiary/aromatic N) is 3. The molecule has 0 spiro atoms. The van der Waals surface area contributed by atoms with Crippen molar-refractivity contribution in [2.24, 2.45) is 0 Å². The quantitative estimate of drug-likeness (QED) is 0.257. The van der Waals surface area contributed by atoms with Gasteiger partial charge >= 0.3 is 0 Å². The summed E-state index contributed by atoms with van der Waals surface area (Å²) >= 11 is 8.03. The molecule has 0 aromatic heterocycles. The lowest BCUT2D eigenvalue weighted by Gasteiger charge is -2.40. The lowest BCUT2D eigenvalue weighted by Crippen LogP contribution is -2.48. The highest BCUT2D eigenvalue weighted by Gasteiger charge is 2.30. The van der Waals surface area contributed by atoms with Gasteiger partial charge in [-0.15, -0.1) is 0 Å². The molecule has 6 heteroatoms. The summed E-state index contributed by atoms with van der Waals surface area (Å²) in [5.74, 6) is 0.107. The van der Waals surface area contributed by atoms with E-state index in [0.29, 0.717) is 11.4 Å². The van der Waals surface area contributed by atoms with Crippen LogP contribution in [0.1, 0.15) is 23.6 Å². The first-order valence-corrected chi connectivity index (χ1v) is 14.3. The fourth-order valence-corrected chi connectivity index (χ4v) is 6.70. The standard InChI is InChI=1S/C32H30ClN3OS/c33-26-15-16-30-28(23-26)36(27-13-7-8-14-29(27)38-30)31(37)17-18-34-19-21-35(22-20-34)32(24-9-3-1-4-10-24)25-11-5-2-6-12-25/h1-16,23,32H,17-22H2. The van der Waals surface area contributed by atoms with Crippen LogP contribution in [0.15, 0.2) is 113 Å². The number of carbonyl (C=O) groups is 1. The number of rotatable bonds is 6. The molecular weight excluding hydrogens is 510 g/mol. The topological polar surface area (TPSA) is 26.8 Å². The summed E-state index contributed by atoms with van der Waals surface area (Å²) < 4.78 is 0. The number of halogens is 1. The molecule has 4 aromatic carbocycles. The molecule has 4 nitrogen and oxygen atoms in total. The molecule has 2 aliphatic heterocycles. The van der Waals surface area contributed by atoms with Crippen LogP contribution in [0.25, 0.3) is 0 Å². The van der Waals surface area contributed by atoms with Gasteiger partial charge in [0.2, 0.25) is 5.91 Å². The number of amides is 1. The number of hydrogen-bond donors (Lipinski definition) is 0. The number of carbonyl (C=O) groups excluding carboxylic acids is 1. The maximum atomic E-state index is 13.7. The Hall–Kier alpha value is -3.09. The molecule has 1 amide bonds. The van der Waals surface area contributed by atoms with Crippen molar-refractivity contribution in [3.8, 4) is 0 Å². The maximum Gasteiger partial charge on any atom is 0.232 e. The number of para-hydroxylation sites is 1. The van der Waals surface area contributed by atoms with E-state index in [4.69, 9.17) is 11.6 Å². The third-order valence-corrected chi connectivity index (χ3v) is 8.75. The van der Waals surface area contributed by atoms with Crippen LogP contribution in [-0.2, 0) is 4.79 Å². The Labute approximate surface area is 233 Å². The molecule has 0 radical (unpaired) electrons. The van der Waals surface area contributed by atoms with Gasteiger partial charge in [-0.1, -0.05) is 96.2 Å². The summed E-state index contributed by atoms with van der Waals surface area (Å²) in [6.45, 7) is 4.56. The molecule has 4 aromatic rings. The van der Waals surface area contributed by atoms with Gasteiger partial charge in [-0.2, -0.15) is 0 Å². The number of benzene rings is 4. The van der Waals surface area contributed by atoms with Crippen LogP contribution >= 0.6 is 23.4 Å². The van der Waals surface area contributed by atoms with Crippen molar-refractivity contribution < 1.29 is 4.79 Å². The van der Waals surface area contributed by atoms with E-state index in [1.54, 1.807) is 11.8 Å². The van der Waals surface area contributed by atoms with Crippen LogP contribution < -0.4 is 4.90 Å². The molecule has 0 atom stereocenters. The summed E-state index contributed by atoms with van der Waals surface area (Å²) in [5, 5.41) is 0.643. The summed E-state index contributed by atoms with van der Waals surface area (Å²) in [6, 6.07) is 35.7. The highest BCUT2D eigenvalue weighted by Crippen LogP contribution is 2.49. The van der Waals surface area contributed by atoms with E-state index >= 15 is 0 Å². The Kier molecular flexibility index (Phi) is 7.52.